The van der Waals surface area contributed by atoms with Gasteiger partial charge in [0.2, 0.25) is 0 Å². The highest BCUT2D eigenvalue weighted by Crippen LogP contribution is 2.36. The zero-order valence-corrected chi connectivity index (χ0v) is 23.7. The molecule has 0 atom stereocenters. The average Bonchev–Trinajstić information content (AvgIpc) is 2.79. The number of hydrogen-bond acceptors (Lipinski definition) is 0. The van der Waals surface area contributed by atoms with Crippen LogP contribution in [0.25, 0.3) is 22.3 Å². The van der Waals surface area contributed by atoms with Gasteiger partial charge in [0.15, 0.2) is 0 Å². The topological polar surface area (TPSA) is 0 Å². The molecule has 0 unspecified atom stereocenters. The summed E-state index contributed by atoms with van der Waals surface area (Å²) in [6.45, 7) is 13.2. The van der Waals surface area contributed by atoms with Gasteiger partial charge in [-0.2, -0.15) is 0 Å². The molecular weight excluding hydrogens is 507 g/mol. The van der Waals surface area contributed by atoms with E-state index in [2.05, 4.69) is 112 Å². The molecule has 0 heterocycles. The Kier molecular flexibility index (Phi) is 7.76. The first-order valence-electron chi connectivity index (χ1n) is 11.9. The van der Waals surface area contributed by atoms with E-state index in [4.69, 9.17) is 0 Å². The Bertz CT molecular complexity index is 1380. The second-order valence-electron chi connectivity index (χ2n) is 9.27. The third-order valence-corrected chi connectivity index (χ3v) is 7.97. The number of halogens is 1. The zero-order chi connectivity index (χ0) is 25.1. The van der Waals surface area contributed by atoms with Crippen LogP contribution in [0.15, 0.2) is 72.8 Å². The van der Waals surface area contributed by atoms with Crippen LogP contribution >= 0.6 is 24.1 Å². The van der Waals surface area contributed by atoms with E-state index in [1.165, 1.54) is 60.9 Å². The molecule has 0 N–H and O–H groups in total. The minimum atomic E-state index is 0.958. The van der Waals surface area contributed by atoms with E-state index in [9.17, 15) is 0 Å². The molecule has 0 saturated heterocycles. The molecule has 0 aliphatic heterocycles. The Morgan fingerprint density at radius 3 is 1.54 bits per heavy atom. The van der Waals surface area contributed by atoms with Crippen LogP contribution in [0.3, 0.4) is 0 Å². The van der Waals surface area contributed by atoms with Crippen LogP contribution in [0.5, 0.6) is 0 Å². The van der Waals surface area contributed by atoms with Crippen LogP contribution in [0, 0.1) is 53.4 Å². The summed E-state index contributed by atoms with van der Waals surface area (Å²) >= 11 is 3.81. The first-order chi connectivity index (χ1) is 16.7. The lowest BCUT2D eigenvalue weighted by Crippen LogP contribution is -2.08. The molecule has 0 amide bonds. The van der Waals surface area contributed by atoms with E-state index >= 15 is 0 Å². The van der Waals surface area contributed by atoms with Crippen LogP contribution in [0.2, 0.25) is 0 Å². The highest BCUT2D eigenvalue weighted by Gasteiger charge is 2.17. The van der Waals surface area contributed by atoms with Crippen molar-refractivity contribution in [3.05, 3.63) is 112 Å². The van der Waals surface area contributed by atoms with Crippen molar-refractivity contribution in [2.75, 3.05) is 0 Å². The molecule has 4 aromatic rings. The third kappa shape index (κ3) is 5.67. The highest BCUT2D eigenvalue weighted by molar-refractivity contribution is 9.19. The molecule has 0 aliphatic carbocycles. The SMILES string of the molecule is Cc1cc(C)c(-c2cccc(-c3c(C)cc(C)cc3C)c2P=C(Br)C#Cc2ccccc2)c(C)c1. The molecule has 35 heavy (non-hydrogen) atoms. The minimum absolute atomic E-state index is 0.958. The van der Waals surface area contributed by atoms with Gasteiger partial charge >= 0.3 is 0 Å². The lowest BCUT2D eigenvalue weighted by Gasteiger charge is -2.19. The molecule has 174 valence electrons. The Balaban J connectivity index is 2.00. The molecule has 0 saturated carbocycles. The van der Waals surface area contributed by atoms with Crippen LogP contribution < -0.4 is 5.30 Å². The highest BCUT2D eigenvalue weighted by atomic mass is 79.9. The molecule has 0 spiro atoms. The van der Waals surface area contributed by atoms with E-state index in [1.807, 2.05) is 30.3 Å². The van der Waals surface area contributed by atoms with Gasteiger partial charge in [-0.25, -0.2) is 0 Å². The summed E-state index contributed by atoms with van der Waals surface area (Å²) < 4.78 is 0.958. The van der Waals surface area contributed by atoms with Gasteiger partial charge in [-0.15, -0.1) is 0 Å². The molecular formula is C33H30BrP. The van der Waals surface area contributed by atoms with E-state index in [1.54, 1.807) is 0 Å². The monoisotopic (exact) mass is 536 g/mol. The first-order valence-corrected chi connectivity index (χ1v) is 13.5. The van der Waals surface area contributed by atoms with Crippen molar-refractivity contribution in [3.8, 4) is 34.1 Å². The summed E-state index contributed by atoms with van der Waals surface area (Å²) in [7, 11) is 1.06. The quantitative estimate of drug-likeness (QED) is 0.181. The van der Waals surface area contributed by atoms with Gasteiger partial charge in [-0.1, -0.05) is 77.7 Å². The number of hydrogen-bond donors (Lipinski definition) is 0. The number of rotatable bonds is 3. The van der Waals surface area contributed by atoms with Crippen molar-refractivity contribution in [1.29, 1.82) is 0 Å². The van der Waals surface area contributed by atoms with Crippen molar-refractivity contribution in [2.45, 2.75) is 41.5 Å². The van der Waals surface area contributed by atoms with Gasteiger partial charge in [0.25, 0.3) is 0 Å². The fourth-order valence-electron chi connectivity index (χ4n) is 5.05. The summed E-state index contributed by atoms with van der Waals surface area (Å²) in [5.74, 6) is 6.66. The van der Waals surface area contributed by atoms with Crippen LogP contribution in [-0.4, -0.2) is 4.20 Å². The zero-order valence-electron chi connectivity index (χ0n) is 21.3. The molecule has 0 aromatic heterocycles. The summed E-state index contributed by atoms with van der Waals surface area (Å²) in [5, 5.41) is 1.28. The number of benzene rings is 4. The van der Waals surface area contributed by atoms with E-state index in [-0.39, 0.29) is 0 Å². The lowest BCUT2D eigenvalue weighted by molar-refractivity contribution is 1.32. The van der Waals surface area contributed by atoms with Gasteiger partial charge in [0.05, 0.1) is 4.20 Å². The van der Waals surface area contributed by atoms with E-state index in [0.717, 1.165) is 18.0 Å². The van der Waals surface area contributed by atoms with Crippen molar-refractivity contribution >= 4 is 33.6 Å². The van der Waals surface area contributed by atoms with Crippen molar-refractivity contribution in [1.82, 2.24) is 0 Å². The normalized spacial score (nSPS) is 11.2. The molecule has 0 radical (unpaired) electrons. The van der Waals surface area contributed by atoms with Gasteiger partial charge < -0.3 is 0 Å². The molecule has 0 nitrogen and oxygen atoms in total. The summed E-state index contributed by atoms with van der Waals surface area (Å²) in [5.41, 5.74) is 14.0. The maximum Gasteiger partial charge on any atom is 0.0951 e. The average molecular weight is 537 g/mol. The Labute approximate surface area is 220 Å². The molecule has 0 fully saturated rings. The second kappa shape index (κ2) is 10.8. The molecule has 4 aromatic carbocycles. The standard InChI is InChI=1S/C33H30BrP/c1-21-17-23(3)31(24(4)18-21)28-13-10-14-29(32-25(5)19-22(2)20-26(32)6)33(28)35-30(34)16-15-27-11-8-7-9-12-27/h7-14,17-20H,1-6H3. The Morgan fingerprint density at radius 1 is 0.629 bits per heavy atom. The van der Waals surface area contributed by atoms with E-state index in [0.29, 0.717) is 0 Å². The molecule has 2 heteroatoms. The molecule has 4 rings (SSSR count). The number of aryl methyl sites for hydroxylation is 6. The van der Waals surface area contributed by atoms with Crippen LogP contribution in [0.4, 0.5) is 0 Å². The summed E-state index contributed by atoms with van der Waals surface area (Å²) in [4.78, 5) is 0. The molecule has 0 aliphatic rings. The van der Waals surface area contributed by atoms with Gasteiger partial charge in [0.1, 0.15) is 0 Å². The fraction of sp³-hybridized carbons (Fsp3) is 0.182. The maximum atomic E-state index is 3.81. The second-order valence-corrected chi connectivity index (χ2v) is 11.8. The van der Waals surface area contributed by atoms with Crippen molar-refractivity contribution < 1.29 is 0 Å². The summed E-state index contributed by atoms with van der Waals surface area (Å²) in [6, 6.07) is 26.0. The van der Waals surface area contributed by atoms with Gasteiger partial charge in [-0.05, 0) is 128 Å². The van der Waals surface area contributed by atoms with Gasteiger partial charge in [0, 0.05) is 10.9 Å². The van der Waals surface area contributed by atoms with Crippen molar-refractivity contribution in [2.24, 2.45) is 0 Å². The van der Waals surface area contributed by atoms with Gasteiger partial charge in [-0.3, -0.25) is 0 Å². The molecule has 0 bridgehead atoms. The smallest absolute Gasteiger partial charge is 0.0622 e. The summed E-state index contributed by atoms with van der Waals surface area (Å²) in [6.07, 6.45) is 0. The first kappa shape index (κ1) is 25.2. The Hall–Kier alpha value is -2.91. The largest absolute Gasteiger partial charge is 0.0951 e. The third-order valence-electron chi connectivity index (χ3n) is 6.22. The predicted octanol–water partition coefficient (Wildman–Crippen LogP) is 9.02. The van der Waals surface area contributed by atoms with Crippen LogP contribution in [-0.2, 0) is 0 Å². The van der Waals surface area contributed by atoms with E-state index < -0.39 is 0 Å². The fourth-order valence-corrected chi connectivity index (χ4v) is 6.60. The maximum absolute atomic E-state index is 3.81. The Morgan fingerprint density at radius 2 is 1.09 bits per heavy atom. The minimum Gasteiger partial charge on any atom is -0.0622 e. The van der Waals surface area contributed by atoms with Crippen molar-refractivity contribution in [3.63, 3.8) is 0 Å². The predicted molar refractivity (Wildman–Crippen MR) is 160 cm³/mol. The van der Waals surface area contributed by atoms with Crippen LogP contribution in [0.1, 0.15) is 38.9 Å². The lowest BCUT2D eigenvalue weighted by atomic mass is 9.89.